The lowest BCUT2D eigenvalue weighted by molar-refractivity contribution is -0.0124. The molecule has 0 aliphatic rings. The molecule has 1 unspecified atom stereocenters. The maximum absolute atomic E-state index is 7.79. The number of rotatable bonds is 5. The molecule has 0 spiro atoms. The van der Waals surface area contributed by atoms with Crippen LogP contribution in [0.15, 0.2) is 11.1 Å². The van der Waals surface area contributed by atoms with Crippen LogP contribution < -0.4 is 5.49 Å². The molecule has 0 aliphatic carbocycles. The monoisotopic (exact) mass is 405 g/mol. The van der Waals surface area contributed by atoms with E-state index < -0.39 is 0 Å². The molecule has 2 heterocycles. The summed E-state index contributed by atoms with van der Waals surface area (Å²) >= 11 is 6.97. The molecule has 0 bridgehead atoms. The van der Waals surface area contributed by atoms with Crippen molar-refractivity contribution in [1.29, 1.82) is 5.41 Å². The predicted octanol–water partition coefficient (Wildman–Crippen LogP) is 2.58. The molecule has 0 fully saturated rings. The number of H-pyrrole nitrogens is 1. The van der Waals surface area contributed by atoms with E-state index in [2.05, 4.69) is 46.8 Å². The summed E-state index contributed by atoms with van der Waals surface area (Å²) in [5.41, 5.74) is 1.20. The number of hydrogen-bond donors (Lipinski definition) is 2. The summed E-state index contributed by atoms with van der Waals surface area (Å²) in [5, 5.41) is 7.79. The third-order valence-electron chi connectivity index (χ3n) is 3.12. The second kappa shape index (κ2) is 5.95. The second-order valence-corrected chi connectivity index (χ2v) is 6.83. The first kappa shape index (κ1) is 15.7. The summed E-state index contributed by atoms with van der Waals surface area (Å²) < 4.78 is 8.26. The highest BCUT2D eigenvalue weighted by atomic mass is 79.9. The van der Waals surface area contributed by atoms with Gasteiger partial charge in [0.25, 0.3) is 0 Å². The Balaban J connectivity index is 2.35. The number of nitrogens with one attached hydrogen (secondary N) is 2. The zero-order valence-electron chi connectivity index (χ0n) is 11.6. The Hall–Kier alpha value is -0.730. The maximum atomic E-state index is 7.79. The van der Waals surface area contributed by atoms with E-state index in [0.29, 0.717) is 29.0 Å². The second-order valence-electron chi connectivity index (χ2n) is 4.98. The van der Waals surface area contributed by atoms with Crippen LogP contribution in [0.25, 0.3) is 11.2 Å². The van der Waals surface area contributed by atoms with Gasteiger partial charge in [0.15, 0.2) is 15.9 Å². The molecule has 8 heteroatoms. The lowest BCUT2D eigenvalue weighted by Gasteiger charge is -2.30. The van der Waals surface area contributed by atoms with E-state index in [0.717, 1.165) is 0 Å². The maximum Gasteiger partial charge on any atom is 0.177 e. The topological polar surface area (TPSA) is 79.6 Å². The van der Waals surface area contributed by atoms with E-state index in [-0.39, 0.29) is 15.9 Å². The molecule has 0 amide bonds. The van der Waals surface area contributed by atoms with Gasteiger partial charge in [-0.05, 0) is 36.7 Å². The standard InChI is InChI=1S/C12H17Br2N5O/c1-4-20-12(2,3)7(13)5-19-6-16-9(15)8-10(19)18-11(14)17-8/h6-7,15H,4-5H2,1-3H3,(H,17,18). The first-order valence-electron chi connectivity index (χ1n) is 6.28. The Kier molecular flexibility index (Phi) is 4.66. The van der Waals surface area contributed by atoms with Crippen molar-refractivity contribution in [2.75, 3.05) is 6.61 Å². The first-order valence-corrected chi connectivity index (χ1v) is 7.99. The molecule has 0 aromatic carbocycles. The molecular formula is C12H17Br2N5O. The Bertz CT molecular complexity index is 663. The van der Waals surface area contributed by atoms with Crippen LogP contribution in [0.4, 0.5) is 0 Å². The van der Waals surface area contributed by atoms with Gasteiger partial charge >= 0.3 is 0 Å². The Morgan fingerprint density at radius 2 is 2.25 bits per heavy atom. The van der Waals surface area contributed by atoms with Crippen molar-refractivity contribution in [3.05, 3.63) is 16.5 Å². The lowest BCUT2D eigenvalue weighted by Crippen LogP contribution is -2.38. The molecule has 0 saturated heterocycles. The fraction of sp³-hybridized carbons (Fsp3) is 0.583. The number of hydrogen-bond acceptors (Lipinski definition) is 4. The van der Waals surface area contributed by atoms with Gasteiger partial charge in [-0.1, -0.05) is 15.9 Å². The summed E-state index contributed by atoms with van der Waals surface area (Å²) in [6, 6.07) is 0. The molecule has 2 N–H and O–H groups in total. The van der Waals surface area contributed by atoms with Crippen LogP contribution in [-0.2, 0) is 11.3 Å². The fourth-order valence-electron chi connectivity index (χ4n) is 1.94. The van der Waals surface area contributed by atoms with E-state index >= 15 is 0 Å². The van der Waals surface area contributed by atoms with Gasteiger partial charge in [-0.2, -0.15) is 0 Å². The van der Waals surface area contributed by atoms with Crippen LogP contribution in [-0.4, -0.2) is 36.6 Å². The number of halogens is 2. The molecule has 0 radical (unpaired) electrons. The van der Waals surface area contributed by atoms with Crippen molar-refractivity contribution < 1.29 is 4.74 Å². The SMILES string of the molecule is CCOC(C)(C)C(Br)Cn1cnc(=N)c2[nH]c(Br)nc21. The van der Waals surface area contributed by atoms with E-state index in [1.165, 1.54) is 0 Å². The summed E-state index contributed by atoms with van der Waals surface area (Å²) in [5.74, 6) is 0. The van der Waals surface area contributed by atoms with E-state index in [1.807, 2.05) is 25.3 Å². The molecule has 2 aromatic rings. The fourth-order valence-corrected chi connectivity index (χ4v) is 2.75. The van der Waals surface area contributed by atoms with Gasteiger partial charge in [0.05, 0.1) is 16.8 Å². The average molecular weight is 407 g/mol. The summed E-state index contributed by atoms with van der Waals surface area (Å²) in [7, 11) is 0. The molecule has 0 aliphatic heterocycles. The third-order valence-corrected chi connectivity index (χ3v) is 4.89. The number of imidazole rings is 1. The average Bonchev–Trinajstić information content (AvgIpc) is 2.75. The Labute approximate surface area is 133 Å². The Morgan fingerprint density at radius 3 is 2.90 bits per heavy atom. The molecule has 20 heavy (non-hydrogen) atoms. The van der Waals surface area contributed by atoms with E-state index in [9.17, 15) is 0 Å². The van der Waals surface area contributed by atoms with Crippen molar-refractivity contribution in [2.24, 2.45) is 0 Å². The summed E-state index contributed by atoms with van der Waals surface area (Å²) in [6.07, 6.45) is 1.63. The van der Waals surface area contributed by atoms with E-state index in [1.54, 1.807) is 6.33 Å². The summed E-state index contributed by atoms with van der Waals surface area (Å²) in [6.45, 7) is 7.37. The molecule has 2 rings (SSSR count). The molecule has 6 nitrogen and oxygen atoms in total. The van der Waals surface area contributed by atoms with Crippen molar-refractivity contribution in [3.8, 4) is 0 Å². The van der Waals surface area contributed by atoms with Crippen molar-refractivity contribution in [3.63, 3.8) is 0 Å². The highest BCUT2D eigenvalue weighted by Gasteiger charge is 2.28. The van der Waals surface area contributed by atoms with Gasteiger partial charge in [0.1, 0.15) is 5.52 Å². The van der Waals surface area contributed by atoms with Crippen LogP contribution in [0.2, 0.25) is 0 Å². The van der Waals surface area contributed by atoms with Crippen LogP contribution in [0, 0.1) is 5.41 Å². The molecular weight excluding hydrogens is 390 g/mol. The van der Waals surface area contributed by atoms with Crippen LogP contribution >= 0.6 is 31.9 Å². The highest BCUT2D eigenvalue weighted by molar-refractivity contribution is 9.10. The van der Waals surface area contributed by atoms with Gasteiger partial charge in [-0.25, -0.2) is 9.97 Å². The summed E-state index contributed by atoms with van der Waals surface area (Å²) in [4.78, 5) is 11.5. The minimum Gasteiger partial charge on any atom is -0.375 e. The number of alkyl halides is 1. The van der Waals surface area contributed by atoms with Crippen molar-refractivity contribution in [2.45, 2.75) is 37.7 Å². The quantitative estimate of drug-likeness (QED) is 0.591. The van der Waals surface area contributed by atoms with Gasteiger partial charge in [-0.15, -0.1) is 0 Å². The minimum atomic E-state index is -0.304. The number of aromatic nitrogens is 4. The number of fused-ring (bicyclic) bond motifs is 1. The van der Waals surface area contributed by atoms with Crippen LogP contribution in [0.3, 0.4) is 0 Å². The van der Waals surface area contributed by atoms with Crippen molar-refractivity contribution in [1.82, 2.24) is 19.5 Å². The zero-order chi connectivity index (χ0) is 14.9. The third kappa shape index (κ3) is 3.12. The smallest absolute Gasteiger partial charge is 0.177 e. The van der Waals surface area contributed by atoms with Gasteiger partial charge in [0, 0.05) is 13.2 Å². The van der Waals surface area contributed by atoms with Gasteiger partial charge in [0.2, 0.25) is 0 Å². The largest absolute Gasteiger partial charge is 0.375 e. The number of aromatic amines is 1. The van der Waals surface area contributed by atoms with Crippen LogP contribution in [0.5, 0.6) is 0 Å². The normalized spacial score (nSPS) is 13.8. The predicted molar refractivity (Wildman–Crippen MR) is 83.9 cm³/mol. The van der Waals surface area contributed by atoms with Crippen molar-refractivity contribution >= 4 is 43.0 Å². The molecule has 110 valence electrons. The molecule has 1 atom stereocenters. The van der Waals surface area contributed by atoms with Gasteiger partial charge in [-0.3, -0.25) is 5.41 Å². The molecule has 2 aromatic heterocycles. The number of ether oxygens (including phenoxy) is 1. The molecule has 0 saturated carbocycles. The lowest BCUT2D eigenvalue weighted by atomic mass is 10.1. The first-order chi connectivity index (χ1) is 9.35. The van der Waals surface area contributed by atoms with Crippen LogP contribution in [0.1, 0.15) is 20.8 Å². The zero-order valence-corrected chi connectivity index (χ0v) is 14.7. The number of nitrogens with zero attached hydrogens (tertiary/aromatic N) is 3. The van der Waals surface area contributed by atoms with Gasteiger partial charge < -0.3 is 14.3 Å². The Morgan fingerprint density at radius 1 is 1.55 bits per heavy atom. The minimum absolute atomic E-state index is 0.0945. The van der Waals surface area contributed by atoms with E-state index in [4.69, 9.17) is 10.1 Å². The highest BCUT2D eigenvalue weighted by Crippen LogP contribution is 2.24.